The maximum Gasteiger partial charge on any atom is 0.240 e. The molecule has 1 aromatic rings. The van der Waals surface area contributed by atoms with E-state index >= 15 is 0 Å². The van der Waals surface area contributed by atoms with Gasteiger partial charge < -0.3 is 5.73 Å². The molecular weight excluding hydrogens is 252 g/mol. The molecule has 0 saturated carbocycles. The first kappa shape index (κ1) is 12.7. The lowest BCUT2D eigenvalue weighted by Gasteiger charge is -2.05. The number of nitrogens with two attached hydrogens (primary N) is 1. The summed E-state index contributed by atoms with van der Waals surface area (Å²) in [6.07, 6.45) is 0. The highest BCUT2D eigenvalue weighted by Gasteiger charge is 2.12. The predicted octanol–water partition coefficient (Wildman–Crippen LogP) is 1.13. The molecule has 0 aliphatic rings. The van der Waals surface area contributed by atoms with Gasteiger partial charge in [-0.05, 0) is 24.3 Å². The summed E-state index contributed by atoms with van der Waals surface area (Å²) in [5.74, 6) is 0.622. The Labute approximate surface area is 98.5 Å². The summed E-state index contributed by atoms with van der Waals surface area (Å²) >= 11 is 3.92. The van der Waals surface area contributed by atoms with Crippen LogP contribution in [0.25, 0.3) is 0 Å². The number of thiol groups is 1. The molecule has 0 aromatic heterocycles. The number of hydrogen-bond donors (Lipinski definition) is 3. The molecule has 0 unspecified atom stereocenters. The van der Waals surface area contributed by atoms with Crippen LogP contribution >= 0.6 is 22.5 Å². The van der Waals surface area contributed by atoms with Crippen molar-refractivity contribution < 1.29 is 8.42 Å². The summed E-state index contributed by atoms with van der Waals surface area (Å²) in [4.78, 5) is 0.223. The molecule has 15 heavy (non-hydrogen) atoms. The van der Waals surface area contributed by atoms with E-state index in [1.165, 1.54) is 22.9 Å². The van der Waals surface area contributed by atoms with Crippen molar-refractivity contribution in [3.8, 4) is 0 Å². The van der Waals surface area contributed by atoms with E-state index in [1.807, 2.05) is 0 Å². The fourth-order valence-corrected chi connectivity index (χ4v) is 2.58. The maximum absolute atomic E-state index is 11.6. The lowest BCUT2D eigenvalue weighted by atomic mass is 10.3. The number of nitrogens with one attached hydrogen (secondary N) is 1. The van der Waals surface area contributed by atoms with Crippen molar-refractivity contribution in [2.45, 2.75) is 4.90 Å². The molecule has 0 fully saturated rings. The topological polar surface area (TPSA) is 72.2 Å². The molecule has 4 nitrogen and oxygen atoms in total. The highest BCUT2D eigenvalue weighted by molar-refractivity contribution is 8.68. The van der Waals surface area contributed by atoms with E-state index in [2.05, 4.69) is 16.4 Å². The highest BCUT2D eigenvalue weighted by atomic mass is 33.1. The van der Waals surface area contributed by atoms with Gasteiger partial charge in [0.05, 0.1) is 4.90 Å². The Morgan fingerprint density at radius 2 is 1.93 bits per heavy atom. The van der Waals surface area contributed by atoms with Crippen LogP contribution in [-0.4, -0.2) is 20.7 Å². The molecular formula is C8H12N2O2S3. The molecule has 0 aliphatic carbocycles. The molecule has 0 saturated heterocycles. The third kappa shape index (κ3) is 3.94. The summed E-state index contributed by atoms with van der Waals surface area (Å²) in [6.45, 7) is 0.362. The molecule has 84 valence electrons. The number of nitrogen functional groups attached to an aromatic ring is 1. The van der Waals surface area contributed by atoms with Crippen molar-refractivity contribution >= 4 is 38.2 Å². The van der Waals surface area contributed by atoms with Crippen LogP contribution in [0.1, 0.15) is 0 Å². The van der Waals surface area contributed by atoms with Gasteiger partial charge in [-0.25, -0.2) is 13.1 Å². The molecule has 1 aromatic carbocycles. The van der Waals surface area contributed by atoms with Crippen molar-refractivity contribution in [2.75, 3.05) is 18.0 Å². The van der Waals surface area contributed by atoms with E-state index in [-0.39, 0.29) is 4.90 Å². The monoisotopic (exact) mass is 264 g/mol. The minimum Gasteiger partial charge on any atom is -0.399 e. The lowest BCUT2D eigenvalue weighted by Crippen LogP contribution is -2.25. The fraction of sp³-hybridized carbons (Fsp3) is 0.250. The summed E-state index contributed by atoms with van der Waals surface area (Å²) in [7, 11) is -2.11. The highest BCUT2D eigenvalue weighted by Crippen LogP contribution is 2.11. The zero-order chi connectivity index (χ0) is 11.3. The first-order valence-corrected chi connectivity index (χ1v) is 7.70. The van der Waals surface area contributed by atoms with Crippen LogP contribution in [-0.2, 0) is 10.0 Å². The lowest BCUT2D eigenvalue weighted by molar-refractivity contribution is 0.584. The number of anilines is 1. The van der Waals surface area contributed by atoms with Gasteiger partial charge in [0.2, 0.25) is 10.0 Å². The first-order valence-electron chi connectivity index (χ1n) is 4.18. The number of rotatable bonds is 5. The Morgan fingerprint density at radius 1 is 1.33 bits per heavy atom. The van der Waals surface area contributed by atoms with Crippen molar-refractivity contribution in [3.63, 3.8) is 0 Å². The average molecular weight is 264 g/mol. The van der Waals surface area contributed by atoms with Gasteiger partial charge >= 0.3 is 0 Å². The van der Waals surface area contributed by atoms with Crippen LogP contribution < -0.4 is 10.5 Å². The van der Waals surface area contributed by atoms with Gasteiger partial charge in [0.1, 0.15) is 0 Å². The summed E-state index contributed by atoms with van der Waals surface area (Å²) in [5.41, 5.74) is 6.00. The Hall–Kier alpha value is -0.370. The second-order valence-electron chi connectivity index (χ2n) is 2.80. The third-order valence-corrected chi connectivity index (χ3v) is 4.09. The number of benzene rings is 1. The summed E-state index contributed by atoms with van der Waals surface area (Å²) in [5, 5.41) is 0. The fourth-order valence-electron chi connectivity index (χ4n) is 0.952. The molecule has 0 bridgehead atoms. The largest absolute Gasteiger partial charge is 0.399 e. The van der Waals surface area contributed by atoms with E-state index < -0.39 is 10.0 Å². The van der Waals surface area contributed by atoms with Crippen molar-refractivity contribution in [1.82, 2.24) is 4.72 Å². The molecule has 0 aliphatic heterocycles. The average Bonchev–Trinajstić information content (AvgIpc) is 2.18. The Bertz CT molecular complexity index is 402. The van der Waals surface area contributed by atoms with E-state index in [0.29, 0.717) is 18.0 Å². The molecule has 0 radical (unpaired) electrons. The molecule has 0 amide bonds. The zero-order valence-corrected chi connectivity index (χ0v) is 10.4. The van der Waals surface area contributed by atoms with Gasteiger partial charge in [0.15, 0.2) is 0 Å². The number of hydrogen-bond acceptors (Lipinski definition) is 5. The quantitative estimate of drug-likeness (QED) is 0.322. The van der Waals surface area contributed by atoms with Gasteiger partial charge in [-0.1, -0.05) is 10.8 Å². The maximum atomic E-state index is 11.6. The van der Waals surface area contributed by atoms with Crippen LogP contribution in [0.15, 0.2) is 29.2 Å². The summed E-state index contributed by atoms with van der Waals surface area (Å²) in [6, 6.07) is 6.07. The van der Waals surface area contributed by atoms with Crippen LogP contribution in [0.3, 0.4) is 0 Å². The smallest absolute Gasteiger partial charge is 0.240 e. The molecule has 1 rings (SSSR count). The van der Waals surface area contributed by atoms with Gasteiger partial charge in [-0.3, -0.25) is 0 Å². The van der Waals surface area contributed by atoms with Crippen LogP contribution in [0.4, 0.5) is 5.69 Å². The van der Waals surface area contributed by atoms with E-state index in [0.717, 1.165) is 0 Å². The van der Waals surface area contributed by atoms with E-state index in [1.54, 1.807) is 12.1 Å². The molecule has 0 heterocycles. The van der Waals surface area contributed by atoms with Crippen LogP contribution in [0, 0.1) is 0 Å². The standard InChI is InChI=1S/C8H12N2O2S3/c9-7-1-3-8(4-2-7)15(11,12)10-5-6-14-13/h1-4,10,13H,5-6,9H2. The first-order chi connectivity index (χ1) is 7.06. The summed E-state index contributed by atoms with van der Waals surface area (Å²) < 4.78 is 25.7. The molecule has 0 atom stereocenters. The SMILES string of the molecule is Nc1ccc(S(=O)(=O)NCCSS)cc1. The zero-order valence-electron chi connectivity index (χ0n) is 7.88. The Balaban J connectivity index is 2.73. The normalized spacial score (nSPS) is 11.5. The van der Waals surface area contributed by atoms with Crippen molar-refractivity contribution in [1.29, 1.82) is 0 Å². The molecule has 7 heteroatoms. The Kier molecular flexibility index (Phi) is 4.78. The second kappa shape index (κ2) is 5.64. The minimum atomic E-state index is -3.40. The second-order valence-corrected chi connectivity index (χ2v) is 6.01. The van der Waals surface area contributed by atoms with Gasteiger partial charge in [0.25, 0.3) is 0 Å². The van der Waals surface area contributed by atoms with Crippen LogP contribution in [0.2, 0.25) is 0 Å². The van der Waals surface area contributed by atoms with E-state index in [9.17, 15) is 8.42 Å². The third-order valence-electron chi connectivity index (χ3n) is 1.68. The van der Waals surface area contributed by atoms with Crippen LogP contribution in [0.5, 0.6) is 0 Å². The number of sulfonamides is 1. The van der Waals surface area contributed by atoms with Crippen molar-refractivity contribution in [3.05, 3.63) is 24.3 Å². The van der Waals surface area contributed by atoms with Gasteiger partial charge in [-0.15, -0.1) is 11.7 Å². The van der Waals surface area contributed by atoms with Gasteiger partial charge in [-0.2, -0.15) is 0 Å². The van der Waals surface area contributed by atoms with Crippen molar-refractivity contribution in [2.24, 2.45) is 0 Å². The predicted molar refractivity (Wildman–Crippen MR) is 67.5 cm³/mol. The molecule has 0 spiro atoms. The molecule has 3 N–H and O–H groups in total. The van der Waals surface area contributed by atoms with Gasteiger partial charge in [0, 0.05) is 18.0 Å². The minimum absolute atomic E-state index is 0.223. The van der Waals surface area contributed by atoms with E-state index in [4.69, 9.17) is 5.73 Å². The Morgan fingerprint density at radius 3 is 2.47 bits per heavy atom.